The molecule has 0 spiro atoms. The summed E-state index contributed by atoms with van der Waals surface area (Å²) in [6.45, 7) is 4.40. The summed E-state index contributed by atoms with van der Waals surface area (Å²) >= 11 is 0. The van der Waals surface area contributed by atoms with E-state index in [2.05, 4.69) is 15.5 Å². The molecule has 1 aliphatic heterocycles. The third-order valence-electron chi connectivity index (χ3n) is 5.00. The van der Waals surface area contributed by atoms with Gasteiger partial charge < -0.3 is 15.5 Å². The van der Waals surface area contributed by atoms with E-state index in [4.69, 9.17) is 5.73 Å². The molecule has 0 radical (unpaired) electrons. The van der Waals surface area contributed by atoms with E-state index in [1.165, 1.54) is 11.8 Å². The lowest BCUT2D eigenvalue weighted by Gasteiger charge is -2.36. The monoisotopic (exact) mass is 444 g/mol. The molecule has 1 aromatic carbocycles. The fourth-order valence-corrected chi connectivity index (χ4v) is 3.38. The molecule has 0 bridgehead atoms. The molecule has 1 fully saturated rings. The molecule has 11 heteroatoms. The van der Waals surface area contributed by atoms with Crippen LogP contribution in [0.25, 0.3) is 5.57 Å². The van der Waals surface area contributed by atoms with E-state index in [1.807, 2.05) is 4.90 Å². The molecule has 3 amide bonds. The van der Waals surface area contributed by atoms with Crippen LogP contribution in [0.2, 0.25) is 0 Å². The van der Waals surface area contributed by atoms with Gasteiger partial charge in [0.25, 0.3) is 11.8 Å². The molecular weight excluding hydrogens is 422 g/mol. The van der Waals surface area contributed by atoms with E-state index in [0.717, 1.165) is 18.3 Å². The van der Waals surface area contributed by atoms with Crippen LogP contribution in [0.4, 0.5) is 14.5 Å². The van der Waals surface area contributed by atoms with Crippen molar-refractivity contribution in [3.63, 3.8) is 0 Å². The molecule has 2 heterocycles. The van der Waals surface area contributed by atoms with Gasteiger partial charge in [-0.1, -0.05) is 0 Å². The lowest BCUT2D eigenvalue weighted by molar-refractivity contribution is -0.126. The summed E-state index contributed by atoms with van der Waals surface area (Å²) < 4.78 is 27.1. The quantitative estimate of drug-likeness (QED) is 0.675. The van der Waals surface area contributed by atoms with E-state index in [9.17, 15) is 23.2 Å². The molecule has 1 aromatic heterocycles. The van der Waals surface area contributed by atoms with E-state index < -0.39 is 29.4 Å². The zero-order valence-corrected chi connectivity index (χ0v) is 17.6. The smallest absolute Gasteiger partial charge is 0.261 e. The maximum Gasteiger partial charge on any atom is 0.261 e. The van der Waals surface area contributed by atoms with Gasteiger partial charge in [0.05, 0.1) is 22.5 Å². The van der Waals surface area contributed by atoms with E-state index >= 15 is 0 Å². The van der Waals surface area contributed by atoms with Crippen molar-refractivity contribution in [2.45, 2.75) is 13.8 Å². The molecule has 32 heavy (non-hydrogen) atoms. The van der Waals surface area contributed by atoms with Gasteiger partial charge in [-0.25, -0.2) is 8.78 Å². The Balaban J connectivity index is 1.75. The van der Waals surface area contributed by atoms with Crippen LogP contribution in [0, 0.1) is 18.6 Å². The van der Waals surface area contributed by atoms with Gasteiger partial charge in [0, 0.05) is 45.4 Å². The van der Waals surface area contributed by atoms with Crippen molar-refractivity contribution < 1.29 is 23.2 Å². The number of carbonyl (C=O) groups excluding carboxylic acids is 3. The highest BCUT2D eigenvalue weighted by Gasteiger charge is 2.26. The molecule has 3 N–H and O–H groups in total. The molecule has 0 unspecified atom stereocenters. The second-order valence-electron chi connectivity index (χ2n) is 7.19. The van der Waals surface area contributed by atoms with Crippen LogP contribution >= 0.6 is 0 Å². The maximum absolute atomic E-state index is 14.0. The zero-order valence-electron chi connectivity index (χ0n) is 17.6. The molecule has 168 valence electrons. The van der Waals surface area contributed by atoms with Crippen molar-refractivity contribution in [1.29, 1.82) is 0 Å². The first-order chi connectivity index (χ1) is 15.2. The van der Waals surface area contributed by atoms with Gasteiger partial charge in [-0.05, 0) is 25.1 Å². The molecule has 0 saturated carbocycles. The summed E-state index contributed by atoms with van der Waals surface area (Å²) in [6.07, 6.45) is 1.05. The Labute approximate surface area is 182 Å². The largest absolute Gasteiger partial charge is 0.404 e. The minimum absolute atomic E-state index is 0.00505. The number of benzene rings is 1. The van der Waals surface area contributed by atoms with Crippen LogP contribution in [-0.2, 0) is 9.59 Å². The number of imide groups is 1. The summed E-state index contributed by atoms with van der Waals surface area (Å²) in [5.41, 5.74) is 6.85. The Kier molecular flexibility index (Phi) is 6.76. The second kappa shape index (κ2) is 9.50. The molecule has 2 aromatic rings. The van der Waals surface area contributed by atoms with Crippen molar-refractivity contribution in [3.05, 3.63) is 59.1 Å². The first-order valence-electron chi connectivity index (χ1n) is 9.79. The Morgan fingerprint density at radius 3 is 2.38 bits per heavy atom. The average Bonchev–Trinajstić information content (AvgIpc) is 2.74. The van der Waals surface area contributed by atoms with Crippen LogP contribution in [0.1, 0.15) is 28.7 Å². The third kappa shape index (κ3) is 4.88. The van der Waals surface area contributed by atoms with Gasteiger partial charge in [-0.2, -0.15) is 5.10 Å². The van der Waals surface area contributed by atoms with Crippen LogP contribution < -0.4 is 16.0 Å². The standard InChI is InChI=1S/C21H22F2N6O3/c1-12-19(10-18(27-26-12)16(11-24)20(31)25-13(2)30)28-5-7-29(8-6-28)21(32)15-4-3-14(22)9-17(15)23/h3-4,9-11H,5-8,24H2,1-2H3,(H,25,30,31)/b16-11-. The Morgan fingerprint density at radius 1 is 1.09 bits per heavy atom. The Hall–Kier alpha value is -3.89. The first-order valence-corrected chi connectivity index (χ1v) is 9.79. The molecule has 0 aliphatic carbocycles. The summed E-state index contributed by atoms with van der Waals surface area (Å²) in [5, 5.41) is 10.2. The highest BCUT2D eigenvalue weighted by atomic mass is 19.1. The van der Waals surface area contributed by atoms with Crippen LogP contribution in [-0.4, -0.2) is 59.0 Å². The van der Waals surface area contributed by atoms with Crippen LogP contribution in [0.3, 0.4) is 0 Å². The number of amides is 3. The number of hydrogen-bond acceptors (Lipinski definition) is 7. The number of carbonyl (C=O) groups is 3. The second-order valence-corrected chi connectivity index (χ2v) is 7.19. The number of nitrogens with zero attached hydrogens (tertiary/aromatic N) is 4. The lowest BCUT2D eigenvalue weighted by Crippen LogP contribution is -2.49. The van der Waals surface area contributed by atoms with Crippen molar-refractivity contribution in [2.75, 3.05) is 31.1 Å². The number of nitrogens with two attached hydrogens (primary N) is 1. The maximum atomic E-state index is 14.0. The first kappa shape index (κ1) is 22.8. The number of aryl methyl sites for hydroxylation is 1. The van der Waals surface area contributed by atoms with Gasteiger partial charge in [0.15, 0.2) is 0 Å². The Bertz CT molecular complexity index is 1100. The minimum Gasteiger partial charge on any atom is -0.404 e. The van der Waals surface area contributed by atoms with Gasteiger partial charge in [0.1, 0.15) is 17.3 Å². The Morgan fingerprint density at radius 2 is 1.78 bits per heavy atom. The van der Waals surface area contributed by atoms with E-state index in [1.54, 1.807) is 13.0 Å². The number of hydrogen-bond donors (Lipinski definition) is 2. The average molecular weight is 444 g/mol. The number of anilines is 1. The predicted octanol–water partition coefficient (Wildman–Crippen LogP) is 0.988. The molecule has 0 atom stereocenters. The van der Waals surface area contributed by atoms with E-state index in [0.29, 0.717) is 43.6 Å². The summed E-state index contributed by atoms with van der Waals surface area (Å²) in [7, 11) is 0. The molecule has 1 saturated heterocycles. The lowest BCUT2D eigenvalue weighted by atomic mass is 10.1. The number of piperazine rings is 1. The topological polar surface area (TPSA) is 122 Å². The van der Waals surface area contributed by atoms with Gasteiger partial charge >= 0.3 is 0 Å². The number of nitrogens with one attached hydrogen (secondary N) is 1. The van der Waals surface area contributed by atoms with E-state index in [-0.39, 0.29) is 16.8 Å². The normalized spacial score (nSPS) is 14.3. The van der Waals surface area contributed by atoms with Gasteiger partial charge in [-0.15, -0.1) is 5.10 Å². The van der Waals surface area contributed by atoms with Crippen molar-refractivity contribution in [2.24, 2.45) is 5.73 Å². The highest BCUT2D eigenvalue weighted by Crippen LogP contribution is 2.24. The third-order valence-corrected chi connectivity index (χ3v) is 5.00. The molecule has 1 aliphatic rings. The van der Waals surface area contributed by atoms with Crippen molar-refractivity contribution >= 4 is 29.0 Å². The molecule has 9 nitrogen and oxygen atoms in total. The fraction of sp³-hybridized carbons (Fsp3) is 0.286. The summed E-state index contributed by atoms with van der Waals surface area (Å²) in [5.74, 6) is -3.39. The van der Waals surface area contributed by atoms with Crippen LogP contribution in [0.15, 0.2) is 30.5 Å². The van der Waals surface area contributed by atoms with Crippen LogP contribution in [0.5, 0.6) is 0 Å². The molecular formula is C21H22F2N6O3. The fourth-order valence-electron chi connectivity index (χ4n) is 3.38. The zero-order chi connectivity index (χ0) is 23.4. The molecule has 3 rings (SSSR count). The summed E-state index contributed by atoms with van der Waals surface area (Å²) in [4.78, 5) is 39.4. The number of halogens is 2. The SMILES string of the molecule is CC(=O)NC(=O)/C(=C\N)c1cc(N2CCN(C(=O)c3ccc(F)cc3F)CC2)c(C)nn1. The summed E-state index contributed by atoms with van der Waals surface area (Å²) in [6, 6.07) is 4.50. The highest BCUT2D eigenvalue weighted by molar-refractivity contribution is 6.23. The predicted molar refractivity (Wildman–Crippen MR) is 112 cm³/mol. The number of rotatable bonds is 4. The minimum atomic E-state index is -0.902. The van der Waals surface area contributed by atoms with Crippen molar-refractivity contribution in [3.8, 4) is 0 Å². The van der Waals surface area contributed by atoms with Crippen molar-refractivity contribution in [1.82, 2.24) is 20.4 Å². The van der Waals surface area contributed by atoms with Gasteiger partial charge in [-0.3, -0.25) is 19.7 Å². The van der Waals surface area contributed by atoms with Gasteiger partial charge in [0.2, 0.25) is 5.91 Å². The number of aromatic nitrogens is 2.